The quantitative estimate of drug-likeness (QED) is 0.896. The lowest BCUT2D eigenvalue weighted by Crippen LogP contribution is -2.45. The van der Waals surface area contributed by atoms with Gasteiger partial charge in [0, 0.05) is 30.9 Å². The van der Waals surface area contributed by atoms with Gasteiger partial charge >= 0.3 is 0 Å². The van der Waals surface area contributed by atoms with Gasteiger partial charge in [-0.15, -0.1) is 0 Å². The number of nitrogens with zero attached hydrogens (tertiary/aromatic N) is 1. The second-order valence-corrected chi connectivity index (χ2v) is 6.25. The molecule has 1 aromatic rings. The van der Waals surface area contributed by atoms with Crippen LogP contribution < -0.4 is 5.32 Å². The van der Waals surface area contributed by atoms with Crippen molar-refractivity contribution >= 4 is 11.6 Å². The summed E-state index contributed by atoms with van der Waals surface area (Å²) in [6.45, 7) is 8.19. The van der Waals surface area contributed by atoms with Crippen molar-refractivity contribution in [3.63, 3.8) is 0 Å². The molecule has 1 heterocycles. The van der Waals surface area contributed by atoms with Gasteiger partial charge in [-0.2, -0.15) is 0 Å². The molecule has 116 valence electrons. The summed E-state index contributed by atoms with van der Waals surface area (Å²) >= 11 is 0. The van der Waals surface area contributed by atoms with Gasteiger partial charge in [0.15, 0.2) is 0 Å². The van der Waals surface area contributed by atoms with Gasteiger partial charge in [-0.3, -0.25) is 4.79 Å². The second-order valence-electron chi connectivity index (χ2n) is 6.25. The highest BCUT2D eigenvalue weighted by Crippen LogP contribution is 2.23. The van der Waals surface area contributed by atoms with Crippen molar-refractivity contribution in [2.75, 3.05) is 25.0 Å². The minimum atomic E-state index is -0.624. The Morgan fingerprint density at radius 1 is 1.38 bits per heavy atom. The molecule has 1 aliphatic rings. The average molecular weight is 290 g/mol. The van der Waals surface area contributed by atoms with Gasteiger partial charge in [0.1, 0.15) is 0 Å². The fourth-order valence-corrected chi connectivity index (χ4v) is 2.63. The Labute approximate surface area is 127 Å². The lowest BCUT2D eigenvalue weighted by molar-refractivity contribution is -0.00202. The molecule has 2 N–H and O–H groups in total. The number of carbonyl (C=O) groups excluding carboxylic acids is 1. The highest BCUT2D eigenvalue weighted by Gasteiger charge is 2.29. The van der Waals surface area contributed by atoms with E-state index in [2.05, 4.69) is 12.2 Å². The molecule has 1 aromatic carbocycles. The van der Waals surface area contributed by atoms with Crippen LogP contribution in [0.15, 0.2) is 18.2 Å². The molecular weight excluding hydrogens is 264 g/mol. The first-order valence-corrected chi connectivity index (χ1v) is 7.79. The molecule has 0 bridgehead atoms. The Morgan fingerprint density at radius 2 is 2.05 bits per heavy atom. The number of carbonyl (C=O) groups is 1. The molecule has 21 heavy (non-hydrogen) atoms. The zero-order valence-corrected chi connectivity index (χ0v) is 13.3. The highest BCUT2D eigenvalue weighted by molar-refractivity contribution is 5.95. The lowest BCUT2D eigenvalue weighted by atomic mass is 9.93. The molecule has 0 aromatic heterocycles. The minimum Gasteiger partial charge on any atom is -0.390 e. The third kappa shape index (κ3) is 3.97. The SMILES string of the molecule is CCCNc1ccc(C(=O)N2CCC(C)(O)CC2)cc1C. The maximum Gasteiger partial charge on any atom is 0.253 e. The standard InChI is InChI=1S/C17H26N2O2/c1-4-9-18-15-6-5-14(12-13(15)2)16(20)19-10-7-17(3,21)8-11-19/h5-6,12,18,21H,4,7-11H2,1-3H3. The number of benzene rings is 1. The Morgan fingerprint density at radius 3 is 2.62 bits per heavy atom. The Kier molecular flexibility index (Phi) is 4.88. The van der Waals surface area contributed by atoms with Crippen LogP contribution in [0.25, 0.3) is 0 Å². The van der Waals surface area contributed by atoms with Gasteiger partial charge in [-0.25, -0.2) is 0 Å². The molecule has 1 aliphatic heterocycles. The Hall–Kier alpha value is -1.55. The third-order valence-electron chi connectivity index (χ3n) is 4.17. The molecule has 1 fully saturated rings. The van der Waals surface area contributed by atoms with Crippen LogP contribution in [-0.2, 0) is 0 Å². The fraction of sp³-hybridized carbons (Fsp3) is 0.588. The topological polar surface area (TPSA) is 52.6 Å². The lowest BCUT2D eigenvalue weighted by Gasteiger charge is -2.35. The number of rotatable bonds is 4. The first-order valence-electron chi connectivity index (χ1n) is 7.79. The highest BCUT2D eigenvalue weighted by atomic mass is 16.3. The molecule has 1 amide bonds. The summed E-state index contributed by atoms with van der Waals surface area (Å²) < 4.78 is 0. The van der Waals surface area contributed by atoms with Crippen LogP contribution in [-0.4, -0.2) is 41.1 Å². The number of anilines is 1. The van der Waals surface area contributed by atoms with E-state index >= 15 is 0 Å². The van der Waals surface area contributed by atoms with Crippen molar-refractivity contribution in [3.8, 4) is 0 Å². The molecule has 0 radical (unpaired) electrons. The molecule has 4 nitrogen and oxygen atoms in total. The summed E-state index contributed by atoms with van der Waals surface area (Å²) in [5, 5.41) is 13.3. The number of nitrogens with one attached hydrogen (secondary N) is 1. The van der Waals surface area contributed by atoms with Gasteiger partial charge in [-0.05, 0) is 56.9 Å². The average Bonchev–Trinajstić information content (AvgIpc) is 2.45. The first kappa shape index (κ1) is 15.8. The first-order chi connectivity index (χ1) is 9.93. The Balaban J connectivity index is 2.04. The molecule has 0 aliphatic carbocycles. The number of aliphatic hydroxyl groups is 1. The van der Waals surface area contributed by atoms with E-state index < -0.39 is 5.60 Å². The summed E-state index contributed by atoms with van der Waals surface area (Å²) in [5.74, 6) is 0.0654. The smallest absolute Gasteiger partial charge is 0.253 e. The van der Waals surface area contributed by atoms with E-state index in [1.54, 1.807) is 0 Å². The van der Waals surface area contributed by atoms with Crippen molar-refractivity contribution in [3.05, 3.63) is 29.3 Å². The van der Waals surface area contributed by atoms with E-state index in [1.165, 1.54) is 0 Å². The molecule has 0 spiro atoms. The molecular formula is C17H26N2O2. The molecule has 2 rings (SSSR count). The number of piperidine rings is 1. The van der Waals surface area contributed by atoms with Crippen molar-refractivity contribution in [2.45, 2.75) is 45.6 Å². The summed E-state index contributed by atoms with van der Waals surface area (Å²) in [7, 11) is 0. The van der Waals surface area contributed by atoms with Gasteiger partial charge in [0.05, 0.1) is 5.60 Å². The molecule has 0 unspecified atom stereocenters. The molecule has 1 saturated heterocycles. The third-order valence-corrected chi connectivity index (χ3v) is 4.17. The fourth-order valence-electron chi connectivity index (χ4n) is 2.63. The van der Waals surface area contributed by atoms with Gasteiger partial charge in [-0.1, -0.05) is 6.92 Å². The number of amides is 1. The van der Waals surface area contributed by atoms with Crippen molar-refractivity contribution in [2.24, 2.45) is 0 Å². The zero-order valence-electron chi connectivity index (χ0n) is 13.3. The van der Waals surface area contributed by atoms with Crippen LogP contribution in [0.3, 0.4) is 0 Å². The van der Waals surface area contributed by atoms with E-state index in [9.17, 15) is 9.90 Å². The Bertz CT molecular complexity index is 502. The van der Waals surface area contributed by atoms with E-state index in [0.29, 0.717) is 25.9 Å². The summed E-state index contributed by atoms with van der Waals surface area (Å²) in [4.78, 5) is 14.4. The van der Waals surface area contributed by atoms with E-state index in [4.69, 9.17) is 0 Å². The van der Waals surface area contributed by atoms with E-state index in [0.717, 1.165) is 29.8 Å². The maximum absolute atomic E-state index is 12.5. The molecule has 0 atom stereocenters. The second kappa shape index (κ2) is 6.48. The van der Waals surface area contributed by atoms with Crippen molar-refractivity contribution < 1.29 is 9.90 Å². The largest absolute Gasteiger partial charge is 0.390 e. The number of hydrogen-bond acceptors (Lipinski definition) is 3. The van der Waals surface area contributed by atoms with Crippen molar-refractivity contribution in [1.29, 1.82) is 0 Å². The molecule has 4 heteroatoms. The summed E-state index contributed by atoms with van der Waals surface area (Å²) in [6.07, 6.45) is 2.37. The number of likely N-dealkylation sites (tertiary alicyclic amines) is 1. The number of hydrogen-bond donors (Lipinski definition) is 2. The van der Waals surface area contributed by atoms with Gasteiger partial charge in [0.2, 0.25) is 0 Å². The van der Waals surface area contributed by atoms with Gasteiger partial charge in [0.25, 0.3) is 5.91 Å². The normalized spacial score (nSPS) is 17.6. The predicted molar refractivity (Wildman–Crippen MR) is 85.7 cm³/mol. The van der Waals surface area contributed by atoms with Crippen LogP contribution in [0, 0.1) is 6.92 Å². The summed E-state index contributed by atoms with van der Waals surface area (Å²) in [5.41, 5.74) is 2.30. The number of aryl methyl sites for hydroxylation is 1. The van der Waals surface area contributed by atoms with E-state index in [-0.39, 0.29) is 5.91 Å². The van der Waals surface area contributed by atoms with Crippen LogP contribution in [0.5, 0.6) is 0 Å². The summed E-state index contributed by atoms with van der Waals surface area (Å²) in [6, 6.07) is 5.82. The monoisotopic (exact) mass is 290 g/mol. The van der Waals surface area contributed by atoms with Gasteiger partial charge < -0.3 is 15.3 Å². The predicted octanol–water partition coefficient (Wildman–Crippen LogP) is 2.80. The van der Waals surface area contributed by atoms with Crippen LogP contribution >= 0.6 is 0 Å². The van der Waals surface area contributed by atoms with Crippen molar-refractivity contribution in [1.82, 2.24) is 4.90 Å². The minimum absolute atomic E-state index is 0.0654. The van der Waals surface area contributed by atoms with Crippen LogP contribution in [0.4, 0.5) is 5.69 Å². The van der Waals surface area contributed by atoms with Crippen LogP contribution in [0.1, 0.15) is 49.0 Å². The van der Waals surface area contributed by atoms with Crippen LogP contribution in [0.2, 0.25) is 0 Å². The van der Waals surface area contributed by atoms with E-state index in [1.807, 2.05) is 36.9 Å². The maximum atomic E-state index is 12.5. The molecule has 0 saturated carbocycles. The zero-order chi connectivity index (χ0) is 15.5.